The topological polar surface area (TPSA) is 48.5 Å². The summed E-state index contributed by atoms with van der Waals surface area (Å²) >= 11 is 0. The van der Waals surface area contributed by atoms with Crippen LogP contribution in [0.4, 0.5) is 4.79 Å². The molecule has 5 nitrogen and oxygen atoms in total. The number of rotatable bonds is 7. The van der Waals surface area contributed by atoms with Crippen molar-refractivity contribution in [1.82, 2.24) is 20.1 Å². The summed E-state index contributed by atoms with van der Waals surface area (Å²) in [6, 6.07) is 4.03. The number of urea groups is 1. The maximum atomic E-state index is 12.2. The first kappa shape index (κ1) is 17.5. The van der Waals surface area contributed by atoms with E-state index in [9.17, 15) is 4.79 Å². The van der Waals surface area contributed by atoms with Gasteiger partial charge in [-0.25, -0.2) is 4.79 Å². The second kappa shape index (κ2) is 8.67. The van der Waals surface area contributed by atoms with Crippen LogP contribution in [0.25, 0.3) is 0 Å². The summed E-state index contributed by atoms with van der Waals surface area (Å²) in [4.78, 5) is 20.6. The van der Waals surface area contributed by atoms with Crippen LogP contribution in [0.5, 0.6) is 0 Å². The van der Waals surface area contributed by atoms with Crippen molar-refractivity contribution in [3.8, 4) is 0 Å². The lowest BCUT2D eigenvalue weighted by Crippen LogP contribution is -2.39. The van der Waals surface area contributed by atoms with Gasteiger partial charge in [-0.05, 0) is 36.9 Å². The molecule has 0 aromatic carbocycles. The molecule has 5 heteroatoms. The molecule has 23 heavy (non-hydrogen) atoms. The molecule has 0 bridgehead atoms. The highest BCUT2D eigenvalue weighted by Crippen LogP contribution is 2.15. The van der Waals surface area contributed by atoms with Crippen LogP contribution in [-0.4, -0.2) is 54.0 Å². The van der Waals surface area contributed by atoms with Crippen LogP contribution in [0.2, 0.25) is 0 Å². The predicted molar refractivity (Wildman–Crippen MR) is 93.2 cm³/mol. The molecule has 0 radical (unpaired) electrons. The largest absolute Gasteiger partial charge is 0.338 e. The van der Waals surface area contributed by atoms with Crippen molar-refractivity contribution in [1.29, 1.82) is 0 Å². The van der Waals surface area contributed by atoms with Crippen molar-refractivity contribution in [2.45, 2.75) is 26.3 Å². The fourth-order valence-electron chi connectivity index (χ4n) is 2.87. The van der Waals surface area contributed by atoms with Crippen molar-refractivity contribution in [3.05, 3.63) is 42.2 Å². The second-order valence-electron chi connectivity index (χ2n) is 6.26. The minimum atomic E-state index is -0.0338. The number of pyridine rings is 1. The maximum absolute atomic E-state index is 12.2. The standard InChI is InChI=1S/C18H28N4O/c1-4-9-22-10-8-16(13-22)12-20-18(23)21(3)14-17-7-6-15(5-2)11-19-17/h4,6-7,11,16H,1,5,8-10,12-14H2,2-3H3,(H,20,23). The molecular weight excluding hydrogens is 288 g/mol. The van der Waals surface area contributed by atoms with Gasteiger partial charge in [-0.3, -0.25) is 9.88 Å². The van der Waals surface area contributed by atoms with E-state index < -0.39 is 0 Å². The Morgan fingerprint density at radius 2 is 2.39 bits per heavy atom. The van der Waals surface area contributed by atoms with Crippen molar-refractivity contribution in [3.63, 3.8) is 0 Å². The first-order chi connectivity index (χ1) is 11.1. The Labute approximate surface area is 139 Å². The van der Waals surface area contributed by atoms with Crippen molar-refractivity contribution in [2.75, 3.05) is 33.2 Å². The third-order valence-electron chi connectivity index (χ3n) is 4.34. The van der Waals surface area contributed by atoms with Crippen molar-refractivity contribution >= 4 is 6.03 Å². The van der Waals surface area contributed by atoms with Crippen molar-refractivity contribution in [2.24, 2.45) is 5.92 Å². The number of likely N-dealkylation sites (tertiary alicyclic amines) is 1. The van der Waals surface area contributed by atoms with Crippen LogP contribution in [-0.2, 0) is 13.0 Å². The summed E-state index contributed by atoms with van der Waals surface area (Å²) in [5, 5.41) is 3.04. The van der Waals surface area contributed by atoms with Gasteiger partial charge in [0.25, 0.3) is 0 Å². The van der Waals surface area contributed by atoms with E-state index in [-0.39, 0.29) is 6.03 Å². The molecule has 1 atom stereocenters. The number of aromatic nitrogens is 1. The van der Waals surface area contributed by atoms with Gasteiger partial charge in [-0.2, -0.15) is 0 Å². The lowest BCUT2D eigenvalue weighted by Gasteiger charge is -2.19. The molecule has 1 aliphatic heterocycles. The van der Waals surface area contributed by atoms with Crippen LogP contribution in [0.1, 0.15) is 24.6 Å². The van der Waals surface area contributed by atoms with E-state index in [0.29, 0.717) is 12.5 Å². The van der Waals surface area contributed by atoms with E-state index in [1.165, 1.54) is 5.56 Å². The van der Waals surface area contributed by atoms with E-state index in [4.69, 9.17) is 0 Å². The molecule has 0 spiro atoms. The van der Waals surface area contributed by atoms with Crippen LogP contribution < -0.4 is 5.32 Å². The quantitative estimate of drug-likeness (QED) is 0.785. The first-order valence-corrected chi connectivity index (χ1v) is 8.38. The fraction of sp³-hybridized carbons (Fsp3) is 0.556. The summed E-state index contributed by atoms with van der Waals surface area (Å²) in [7, 11) is 1.81. The zero-order valence-corrected chi connectivity index (χ0v) is 14.3. The lowest BCUT2D eigenvalue weighted by molar-refractivity contribution is 0.204. The summed E-state index contributed by atoms with van der Waals surface area (Å²) in [6.45, 7) is 10.2. The Morgan fingerprint density at radius 1 is 1.57 bits per heavy atom. The highest BCUT2D eigenvalue weighted by Gasteiger charge is 2.22. The van der Waals surface area contributed by atoms with Gasteiger partial charge >= 0.3 is 6.03 Å². The van der Waals surface area contributed by atoms with E-state index >= 15 is 0 Å². The van der Waals surface area contributed by atoms with Gasteiger partial charge in [0.05, 0.1) is 12.2 Å². The smallest absolute Gasteiger partial charge is 0.317 e. The highest BCUT2D eigenvalue weighted by atomic mass is 16.2. The molecule has 1 aromatic heterocycles. The van der Waals surface area contributed by atoms with Gasteiger partial charge in [0.2, 0.25) is 0 Å². The third-order valence-corrected chi connectivity index (χ3v) is 4.34. The van der Waals surface area contributed by atoms with Gasteiger partial charge in [0.1, 0.15) is 0 Å². The summed E-state index contributed by atoms with van der Waals surface area (Å²) in [5.41, 5.74) is 2.13. The molecule has 1 fully saturated rings. The van der Waals surface area contributed by atoms with Crippen LogP contribution in [0, 0.1) is 5.92 Å². The molecule has 0 aliphatic carbocycles. The monoisotopic (exact) mass is 316 g/mol. The summed E-state index contributed by atoms with van der Waals surface area (Å²) < 4.78 is 0. The molecule has 2 heterocycles. The zero-order chi connectivity index (χ0) is 16.7. The number of amides is 2. The first-order valence-electron chi connectivity index (χ1n) is 8.38. The molecule has 1 aliphatic rings. The van der Waals surface area contributed by atoms with E-state index in [0.717, 1.165) is 44.7 Å². The third kappa shape index (κ3) is 5.36. The Morgan fingerprint density at radius 3 is 3.04 bits per heavy atom. The van der Waals surface area contributed by atoms with Crippen LogP contribution >= 0.6 is 0 Å². The van der Waals surface area contributed by atoms with Gasteiger partial charge in [-0.15, -0.1) is 6.58 Å². The van der Waals surface area contributed by atoms with Gasteiger partial charge in [0, 0.05) is 32.9 Å². The predicted octanol–water partition coefficient (Wildman–Crippen LogP) is 2.29. The van der Waals surface area contributed by atoms with E-state index in [2.05, 4.69) is 34.8 Å². The SMILES string of the molecule is C=CCN1CCC(CNC(=O)N(C)Cc2ccc(CC)cn2)C1. The Hall–Kier alpha value is -1.88. The molecule has 126 valence electrons. The molecule has 1 aromatic rings. The number of hydrogen-bond donors (Lipinski definition) is 1. The van der Waals surface area contributed by atoms with Gasteiger partial charge < -0.3 is 10.2 Å². The zero-order valence-electron chi connectivity index (χ0n) is 14.3. The Balaban J connectivity index is 1.73. The molecular formula is C18H28N4O. The number of carbonyl (C=O) groups excluding carboxylic acids is 1. The average molecular weight is 316 g/mol. The number of carbonyl (C=O) groups is 1. The number of nitrogens with zero attached hydrogens (tertiary/aromatic N) is 3. The highest BCUT2D eigenvalue weighted by molar-refractivity contribution is 5.73. The molecule has 2 amide bonds. The molecule has 1 N–H and O–H groups in total. The Bertz CT molecular complexity index is 514. The number of aryl methyl sites for hydroxylation is 1. The van der Waals surface area contributed by atoms with Crippen LogP contribution in [0.15, 0.2) is 31.0 Å². The van der Waals surface area contributed by atoms with E-state index in [1.54, 1.807) is 4.90 Å². The molecule has 1 saturated heterocycles. The molecule has 2 rings (SSSR count). The van der Waals surface area contributed by atoms with E-state index in [1.807, 2.05) is 25.4 Å². The van der Waals surface area contributed by atoms with Crippen molar-refractivity contribution < 1.29 is 4.79 Å². The lowest BCUT2D eigenvalue weighted by atomic mass is 10.1. The minimum Gasteiger partial charge on any atom is -0.338 e. The minimum absolute atomic E-state index is 0.0338. The normalized spacial score (nSPS) is 17.9. The van der Waals surface area contributed by atoms with Gasteiger partial charge in [-0.1, -0.05) is 19.1 Å². The summed E-state index contributed by atoms with van der Waals surface area (Å²) in [5.74, 6) is 0.536. The van der Waals surface area contributed by atoms with Crippen LogP contribution in [0.3, 0.4) is 0 Å². The average Bonchev–Trinajstić information content (AvgIpc) is 3.01. The molecule has 0 saturated carbocycles. The second-order valence-corrected chi connectivity index (χ2v) is 6.26. The van der Waals surface area contributed by atoms with Gasteiger partial charge in [0.15, 0.2) is 0 Å². The number of nitrogens with one attached hydrogen (secondary N) is 1. The summed E-state index contributed by atoms with van der Waals surface area (Å²) in [6.07, 6.45) is 5.94. The molecule has 1 unspecified atom stereocenters. The number of hydrogen-bond acceptors (Lipinski definition) is 3. The Kier molecular flexibility index (Phi) is 6.59. The fourth-order valence-corrected chi connectivity index (χ4v) is 2.87. The maximum Gasteiger partial charge on any atom is 0.317 e.